The number of anilines is 3. The first-order valence-corrected chi connectivity index (χ1v) is 19.4. The Bertz CT molecular complexity index is 2390. The van der Waals surface area contributed by atoms with Crippen molar-refractivity contribution in [3.8, 4) is 16.9 Å². The van der Waals surface area contributed by atoms with Gasteiger partial charge in [0.15, 0.2) is 0 Å². The standard InChI is InChI=1S/C42H40N4Si/c1-29(2)34-15-6-7-16-35(34)30-23-24-43-42(25-30)46-38-18-9-8-17-36(38)37-22-21-33(27-41(37)46)47(4,5)32-14-12-13-31(26-32)45-28-44(3)39-19-10-11-20-40(39)45/h6-27,29H,28H2,1-5H3/i3D3. The van der Waals surface area contributed by atoms with E-state index in [1.54, 1.807) is 0 Å². The Labute approximate surface area is 282 Å². The largest absolute Gasteiger partial charge is 0.355 e. The highest BCUT2D eigenvalue weighted by molar-refractivity contribution is 7.00. The number of hydrogen-bond acceptors (Lipinski definition) is 3. The third kappa shape index (κ3) is 4.85. The molecule has 0 saturated heterocycles. The predicted octanol–water partition coefficient (Wildman–Crippen LogP) is 9.34. The fourth-order valence-corrected chi connectivity index (χ4v) is 9.59. The summed E-state index contributed by atoms with van der Waals surface area (Å²) in [6.45, 7) is 7.33. The molecule has 1 aliphatic heterocycles. The van der Waals surface area contributed by atoms with Crippen molar-refractivity contribution in [1.82, 2.24) is 9.55 Å². The molecule has 5 heteroatoms. The van der Waals surface area contributed by atoms with E-state index in [4.69, 9.17) is 9.10 Å². The Morgan fingerprint density at radius 2 is 1.45 bits per heavy atom. The van der Waals surface area contributed by atoms with Crippen LogP contribution in [0.25, 0.3) is 38.8 Å². The third-order valence-electron chi connectivity index (χ3n) is 9.89. The lowest BCUT2D eigenvalue weighted by Crippen LogP contribution is -2.53. The zero-order valence-corrected chi connectivity index (χ0v) is 28.3. The molecule has 232 valence electrons. The van der Waals surface area contributed by atoms with Gasteiger partial charge in [0.25, 0.3) is 0 Å². The van der Waals surface area contributed by atoms with Gasteiger partial charge in [-0.15, -0.1) is 0 Å². The molecule has 0 unspecified atom stereocenters. The lowest BCUT2D eigenvalue weighted by atomic mass is 9.93. The Morgan fingerprint density at radius 1 is 0.702 bits per heavy atom. The summed E-state index contributed by atoms with van der Waals surface area (Å²) in [6, 6.07) is 45.0. The van der Waals surface area contributed by atoms with E-state index in [1.807, 2.05) is 30.5 Å². The third-order valence-corrected chi connectivity index (χ3v) is 13.4. The second-order valence-corrected chi connectivity index (χ2v) is 17.8. The first kappa shape index (κ1) is 26.0. The van der Waals surface area contributed by atoms with Crippen LogP contribution in [0, 0.1) is 0 Å². The highest BCUT2D eigenvalue weighted by atomic mass is 28.3. The van der Waals surface area contributed by atoms with Crippen LogP contribution in [0.1, 0.15) is 29.4 Å². The molecule has 0 radical (unpaired) electrons. The molecule has 0 N–H and O–H groups in total. The second kappa shape index (κ2) is 11.3. The van der Waals surface area contributed by atoms with E-state index in [2.05, 4.69) is 140 Å². The molecular formula is C42H40N4Si. The monoisotopic (exact) mass is 631 g/mol. The first-order valence-electron chi connectivity index (χ1n) is 17.9. The molecule has 0 spiro atoms. The minimum absolute atomic E-state index is 0.279. The molecule has 0 fully saturated rings. The smallest absolute Gasteiger partial charge is 0.138 e. The first-order chi connectivity index (χ1) is 24.0. The van der Waals surface area contributed by atoms with Crippen molar-refractivity contribution in [2.75, 3.05) is 23.4 Å². The van der Waals surface area contributed by atoms with Gasteiger partial charge in [0.05, 0.1) is 29.1 Å². The van der Waals surface area contributed by atoms with E-state index in [1.165, 1.54) is 37.2 Å². The number of rotatable bonds is 6. The maximum atomic E-state index is 8.17. The van der Waals surface area contributed by atoms with Crippen LogP contribution in [0.3, 0.4) is 0 Å². The predicted molar refractivity (Wildman–Crippen MR) is 203 cm³/mol. The van der Waals surface area contributed by atoms with E-state index >= 15 is 0 Å². The lowest BCUT2D eigenvalue weighted by Gasteiger charge is -2.27. The number of benzene rings is 5. The van der Waals surface area contributed by atoms with Crippen molar-refractivity contribution >= 4 is 57.3 Å². The molecule has 2 aromatic heterocycles. The summed E-state index contributed by atoms with van der Waals surface area (Å²) in [6.07, 6.45) is 1.93. The van der Waals surface area contributed by atoms with Gasteiger partial charge in [-0.05, 0) is 71.1 Å². The van der Waals surface area contributed by atoms with E-state index in [0.29, 0.717) is 5.92 Å². The number of aromatic nitrogens is 2. The number of hydrogen-bond donors (Lipinski definition) is 0. The molecule has 1 aliphatic rings. The van der Waals surface area contributed by atoms with Crippen LogP contribution in [-0.2, 0) is 0 Å². The van der Waals surface area contributed by atoms with Crippen LogP contribution in [-0.4, -0.2) is 31.3 Å². The van der Waals surface area contributed by atoms with Crippen molar-refractivity contribution in [2.24, 2.45) is 0 Å². The molecule has 3 heterocycles. The van der Waals surface area contributed by atoms with Crippen LogP contribution < -0.4 is 20.2 Å². The zero-order valence-electron chi connectivity index (χ0n) is 30.3. The molecule has 8 rings (SSSR count). The van der Waals surface area contributed by atoms with E-state index in [0.717, 1.165) is 39.5 Å². The Balaban J connectivity index is 1.23. The van der Waals surface area contributed by atoms with Gasteiger partial charge >= 0.3 is 0 Å². The zero-order chi connectivity index (χ0) is 34.8. The molecule has 7 aromatic rings. The topological polar surface area (TPSA) is 24.3 Å². The van der Waals surface area contributed by atoms with Crippen LogP contribution in [0.5, 0.6) is 0 Å². The van der Waals surface area contributed by atoms with Gasteiger partial charge in [-0.3, -0.25) is 4.57 Å². The molecule has 4 nitrogen and oxygen atoms in total. The van der Waals surface area contributed by atoms with E-state index in [9.17, 15) is 0 Å². The summed E-state index contributed by atoms with van der Waals surface area (Å²) in [5.74, 6) is 1.31. The molecule has 5 aromatic carbocycles. The van der Waals surface area contributed by atoms with Crippen LogP contribution in [0.2, 0.25) is 13.1 Å². The summed E-state index contributed by atoms with van der Waals surface area (Å²) in [5, 5.41) is 5.01. The second-order valence-electron chi connectivity index (χ2n) is 13.4. The number of nitrogens with zero attached hydrogens (tertiary/aromatic N) is 4. The Morgan fingerprint density at radius 3 is 2.30 bits per heavy atom. The number of pyridine rings is 1. The van der Waals surface area contributed by atoms with Crippen molar-refractivity contribution in [2.45, 2.75) is 32.9 Å². The number of fused-ring (bicyclic) bond motifs is 4. The Hall–Kier alpha value is -5.13. The minimum atomic E-state index is -2.24. The lowest BCUT2D eigenvalue weighted by molar-refractivity contribution is 0.869. The summed E-state index contributed by atoms with van der Waals surface area (Å²) in [4.78, 5) is 8.58. The van der Waals surface area contributed by atoms with Gasteiger partial charge < -0.3 is 9.80 Å². The molecule has 47 heavy (non-hydrogen) atoms. The maximum Gasteiger partial charge on any atom is 0.138 e. The van der Waals surface area contributed by atoms with Crippen LogP contribution in [0.4, 0.5) is 17.1 Å². The normalized spacial score (nSPS) is 14.4. The van der Waals surface area contributed by atoms with Gasteiger partial charge in [-0.2, -0.15) is 0 Å². The molecule has 0 atom stereocenters. The summed E-state index contributed by atoms with van der Waals surface area (Å²) >= 11 is 0. The van der Waals surface area contributed by atoms with E-state index in [-0.39, 0.29) is 6.67 Å². The molecule has 0 aliphatic carbocycles. The molecule has 0 bridgehead atoms. The van der Waals surface area contributed by atoms with Gasteiger partial charge in [0.2, 0.25) is 0 Å². The van der Waals surface area contributed by atoms with Crippen molar-refractivity contribution in [3.05, 3.63) is 139 Å². The maximum absolute atomic E-state index is 8.17. The van der Waals surface area contributed by atoms with Crippen molar-refractivity contribution in [3.63, 3.8) is 0 Å². The highest BCUT2D eigenvalue weighted by Gasteiger charge is 2.30. The molecular weight excluding hydrogens is 589 g/mol. The average Bonchev–Trinajstić information content (AvgIpc) is 3.68. The van der Waals surface area contributed by atoms with E-state index < -0.39 is 15.0 Å². The molecule has 0 amide bonds. The summed E-state index contributed by atoms with van der Waals surface area (Å²) in [7, 11) is -2.24. The van der Waals surface area contributed by atoms with Crippen molar-refractivity contribution in [1.29, 1.82) is 0 Å². The SMILES string of the molecule is [2H]C([2H])([2H])N1CN(c2cccc([Si](C)(C)c3ccc4c5ccccc5n(-c5cc(-c6ccccc6C(C)C)ccn5)c4c3)c2)c2ccccc21. The summed E-state index contributed by atoms with van der Waals surface area (Å²) in [5.41, 5.74) is 8.65. The van der Waals surface area contributed by atoms with Crippen LogP contribution >= 0.6 is 0 Å². The van der Waals surface area contributed by atoms with Crippen LogP contribution in [0.15, 0.2) is 134 Å². The van der Waals surface area contributed by atoms with Crippen molar-refractivity contribution < 1.29 is 4.11 Å². The Kier molecular flexibility index (Phi) is 6.24. The quantitative estimate of drug-likeness (QED) is 0.171. The number of para-hydroxylation sites is 3. The average molecular weight is 632 g/mol. The van der Waals surface area contributed by atoms with Gasteiger partial charge in [0, 0.05) is 33.7 Å². The van der Waals surface area contributed by atoms with Gasteiger partial charge in [0.1, 0.15) is 13.9 Å². The van der Waals surface area contributed by atoms with Gasteiger partial charge in [-0.1, -0.05) is 116 Å². The minimum Gasteiger partial charge on any atom is -0.355 e. The molecule has 0 saturated carbocycles. The van der Waals surface area contributed by atoms with Gasteiger partial charge in [-0.25, -0.2) is 4.98 Å². The fraction of sp³-hybridized carbons (Fsp3) is 0.167. The highest BCUT2D eigenvalue weighted by Crippen LogP contribution is 2.39. The summed E-state index contributed by atoms with van der Waals surface area (Å²) < 4.78 is 26.8. The fourth-order valence-electron chi connectivity index (χ4n) is 7.24.